The Balaban J connectivity index is 0.00000267. The van der Waals surface area contributed by atoms with Gasteiger partial charge in [-0.25, -0.2) is 18.2 Å². The molecule has 1 aliphatic heterocycles. The fourth-order valence-electron chi connectivity index (χ4n) is 6.77. The lowest BCUT2D eigenvalue weighted by Crippen LogP contribution is -2.42. The van der Waals surface area contributed by atoms with Gasteiger partial charge in [0.05, 0.1) is 17.2 Å². The average molecular weight is 751 g/mol. The maximum atomic E-state index is 14.3. The van der Waals surface area contributed by atoms with E-state index >= 15 is 0 Å². The van der Waals surface area contributed by atoms with Crippen LogP contribution in [-0.2, 0) is 22.4 Å². The van der Waals surface area contributed by atoms with E-state index in [2.05, 4.69) is 32.6 Å². The molecule has 0 bridgehead atoms. The molecule has 0 amide bonds. The van der Waals surface area contributed by atoms with Gasteiger partial charge < -0.3 is 9.64 Å². The normalized spacial score (nSPS) is 20.1. The first kappa shape index (κ1) is 42.3. The predicted octanol–water partition coefficient (Wildman–Crippen LogP) is 8.99. The molecule has 1 aromatic heterocycles. The van der Waals surface area contributed by atoms with E-state index < -0.39 is 11.6 Å². The molecule has 0 unspecified atom stereocenters. The molecule has 48 heavy (non-hydrogen) atoms. The Kier molecular flexibility index (Phi) is 16.2. The third-order valence-corrected chi connectivity index (χ3v) is 10.9. The number of hydrogen-bond acceptors (Lipinski definition) is 6. The second kappa shape index (κ2) is 18.4. The van der Waals surface area contributed by atoms with Gasteiger partial charge in [0, 0.05) is 23.4 Å². The van der Waals surface area contributed by atoms with Crippen molar-refractivity contribution in [2.45, 2.75) is 89.7 Å². The number of nitrogens with zero attached hydrogens (tertiary/aromatic N) is 3. The van der Waals surface area contributed by atoms with Gasteiger partial charge in [0.25, 0.3) is 0 Å². The smallest absolute Gasteiger partial charge is 0.320 e. The van der Waals surface area contributed by atoms with Gasteiger partial charge in [0.15, 0.2) is 11.6 Å². The summed E-state index contributed by atoms with van der Waals surface area (Å²) in [6, 6.07) is 10.9. The summed E-state index contributed by atoms with van der Waals surface area (Å²) in [5, 5.41) is 0.938. The number of aromatic nitrogens is 1. The largest absolute Gasteiger partial charge is 0.461 e. The number of ether oxygens (including phenoxy) is 1. The summed E-state index contributed by atoms with van der Waals surface area (Å²) in [4.78, 5) is 23.5. The standard InChI is InChI=1S/C36H46F3N3O2S.3ClH/c1-6-32-35(45-33(40-32)17-23-10-11-30(38)31(39)16-23)24-12-14-42(15-13-24)21-26-19-28(44-34(43)22-41(5)36(2,3)4)20-29(26)25-8-7-9-27(37)18-25;;;/h7-11,16,18,24,26,28-29H,6,12-15,17,19-22H2,1-5H3;3*1H/t26-,28+,29-;;;/m1.../s1. The number of thiazole rings is 1. The Morgan fingerprint density at radius 3 is 2.35 bits per heavy atom. The zero-order valence-corrected chi connectivity index (χ0v) is 31.6. The van der Waals surface area contributed by atoms with Crippen molar-refractivity contribution in [3.8, 4) is 0 Å². The SMILES string of the molecule is CCc1nc(Cc2ccc(F)c(F)c2)sc1C1CCN(C[C@H]2C[C@H](OC(=O)CN(C)C(C)(C)C)C[C@@H]2c2cccc(F)c2)CC1.Cl.Cl.Cl. The maximum Gasteiger partial charge on any atom is 0.320 e. The number of halogens is 6. The van der Waals surface area contributed by atoms with Crippen molar-refractivity contribution in [3.05, 3.63) is 86.6 Å². The van der Waals surface area contributed by atoms with Gasteiger partial charge in [0.2, 0.25) is 0 Å². The minimum Gasteiger partial charge on any atom is -0.461 e. The van der Waals surface area contributed by atoms with Crippen LogP contribution in [0.1, 0.15) is 91.9 Å². The molecule has 5 nitrogen and oxygen atoms in total. The molecule has 1 saturated heterocycles. The van der Waals surface area contributed by atoms with Crippen LogP contribution in [0.5, 0.6) is 0 Å². The van der Waals surface area contributed by atoms with Crippen LogP contribution in [0.4, 0.5) is 13.2 Å². The highest BCUT2D eigenvalue weighted by molar-refractivity contribution is 7.11. The van der Waals surface area contributed by atoms with Crippen LogP contribution in [0.3, 0.4) is 0 Å². The van der Waals surface area contributed by atoms with Gasteiger partial charge in [-0.1, -0.05) is 25.1 Å². The van der Waals surface area contributed by atoms with Crippen molar-refractivity contribution in [2.75, 3.05) is 33.2 Å². The van der Waals surface area contributed by atoms with Crippen molar-refractivity contribution in [1.82, 2.24) is 14.8 Å². The molecule has 1 aliphatic carbocycles. The molecule has 5 rings (SSSR count). The third kappa shape index (κ3) is 10.8. The molecular formula is C36H49Cl3F3N3O2S. The molecule has 0 radical (unpaired) electrons. The fraction of sp³-hybridized carbons (Fsp3) is 0.556. The zero-order valence-electron chi connectivity index (χ0n) is 28.3. The molecule has 2 aromatic carbocycles. The number of rotatable bonds is 10. The first-order valence-corrected chi connectivity index (χ1v) is 17.0. The Morgan fingerprint density at radius 2 is 1.73 bits per heavy atom. The predicted molar refractivity (Wildman–Crippen MR) is 195 cm³/mol. The fourth-order valence-corrected chi connectivity index (χ4v) is 8.13. The number of esters is 1. The van der Waals surface area contributed by atoms with E-state index in [0.29, 0.717) is 18.8 Å². The monoisotopic (exact) mass is 749 g/mol. The van der Waals surface area contributed by atoms with E-state index in [1.54, 1.807) is 29.5 Å². The molecule has 2 heterocycles. The second-order valence-corrected chi connectivity index (χ2v) is 14.9. The first-order chi connectivity index (χ1) is 21.4. The summed E-state index contributed by atoms with van der Waals surface area (Å²) >= 11 is 1.71. The number of carbonyl (C=O) groups excluding carboxylic acids is 1. The van der Waals surface area contributed by atoms with Crippen molar-refractivity contribution in [1.29, 1.82) is 0 Å². The highest BCUT2D eigenvalue weighted by Gasteiger charge is 2.39. The molecule has 12 heteroatoms. The number of aryl methyl sites for hydroxylation is 1. The summed E-state index contributed by atoms with van der Waals surface area (Å²) < 4.78 is 47.4. The minimum atomic E-state index is -0.833. The van der Waals surface area contributed by atoms with E-state index in [9.17, 15) is 18.0 Å². The second-order valence-electron chi connectivity index (χ2n) is 13.8. The van der Waals surface area contributed by atoms with Crippen molar-refractivity contribution < 1.29 is 22.7 Å². The highest BCUT2D eigenvalue weighted by atomic mass is 35.5. The van der Waals surface area contributed by atoms with Gasteiger partial charge in [-0.15, -0.1) is 48.6 Å². The number of likely N-dealkylation sites (N-methyl/N-ethyl adjacent to an activating group) is 1. The van der Waals surface area contributed by atoms with Crippen LogP contribution >= 0.6 is 48.6 Å². The summed E-state index contributed by atoms with van der Waals surface area (Å²) in [7, 11) is 1.93. The highest BCUT2D eigenvalue weighted by Crippen LogP contribution is 2.43. The molecule has 268 valence electrons. The van der Waals surface area contributed by atoms with E-state index in [-0.39, 0.29) is 79.0 Å². The van der Waals surface area contributed by atoms with E-state index in [4.69, 9.17) is 9.72 Å². The number of benzene rings is 2. The molecule has 2 aliphatic rings. The van der Waals surface area contributed by atoms with E-state index in [0.717, 1.165) is 67.1 Å². The summed E-state index contributed by atoms with van der Waals surface area (Å²) in [5.41, 5.74) is 2.68. The number of hydrogen-bond donors (Lipinski definition) is 0. The van der Waals surface area contributed by atoms with Crippen molar-refractivity contribution in [2.24, 2.45) is 5.92 Å². The summed E-state index contributed by atoms with van der Waals surface area (Å²) in [6.45, 7) is 11.4. The van der Waals surface area contributed by atoms with Crippen molar-refractivity contribution in [3.63, 3.8) is 0 Å². The van der Waals surface area contributed by atoms with Crippen LogP contribution < -0.4 is 0 Å². The lowest BCUT2D eigenvalue weighted by atomic mass is 9.87. The molecule has 2 fully saturated rings. The number of carbonyl (C=O) groups is 1. The number of likely N-dealkylation sites (tertiary alicyclic amines) is 1. The van der Waals surface area contributed by atoms with Gasteiger partial charge in [0.1, 0.15) is 11.9 Å². The van der Waals surface area contributed by atoms with Crippen LogP contribution in [0.15, 0.2) is 42.5 Å². The van der Waals surface area contributed by atoms with Crippen LogP contribution in [-0.4, -0.2) is 65.6 Å². The lowest BCUT2D eigenvalue weighted by molar-refractivity contribution is -0.151. The van der Waals surface area contributed by atoms with Gasteiger partial charge in [-0.3, -0.25) is 9.69 Å². The minimum absolute atomic E-state index is 0. The number of piperidine rings is 1. The molecule has 3 atom stereocenters. The zero-order chi connectivity index (χ0) is 32.3. The average Bonchev–Trinajstić information content (AvgIpc) is 3.58. The Hall–Kier alpha value is -1.88. The van der Waals surface area contributed by atoms with Crippen LogP contribution in [0, 0.1) is 23.4 Å². The topological polar surface area (TPSA) is 45.7 Å². The van der Waals surface area contributed by atoms with Gasteiger partial charge in [-0.2, -0.15) is 0 Å². The maximum absolute atomic E-state index is 14.3. The third-order valence-electron chi connectivity index (χ3n) is 9.64. The molecule has 0 N–H and O–H groups in total. The van der Waals surface area contributed by atoms with Gasteiger partial charge in [-0.05, 0) is 126 Å². The summed E-state index contributed by atoms with van der Waals surface area (Å²) in [5.74, 6) is -1.30. The Labute approximate surface area is 306 Å². The molecule has 3 aromatic rings. The van der Waals surface area contributed by atoms with Gasteiger partial charge >= 0.3 is 5.97 Å². The first-order valence-electron chi connectivity index (χ1n) is 16.2. The van der Waals surface area contributed by atoms with Crippen LogP contribution in [0.25, 0.3) is 0 Å². The quantitative estimate of drug-likeness (QED) is 0.194. The van der Waals surface area contributed by atoms with Crippen LogP contribution in [0.2, 0.25) is 0 Å². The summed E-state index contributed by atoms with van der Waals surface area (Å²) in [6.07, 6.45) is 4.68. The Morgan fingerprint density at radius 1 is 1.02 bits per heavy atom. The van der Waals surface area contributed by atoms with Crippen molar-refractivity contribution >= 4 is 54.5 Å². The molecular weight excluding hydrogens is 702 g/mol. The van der Waals surface area contributed by atoms with E-state index in [1.807, 2.05) is 18.0 Å². The molecule has 1 saturated carbocycles. The molecule has 0 spiro atoms. The Bertz CT molecular complexity index is 1480. The van der Waals surface area contributed by atoms with E-state index in [1.165, 1.54) is 23.1 Å². The lowest BCUT2D eigenvalue weighted by Gasteiger charge is -2.34.